The summed E-state index contributed by atoms with van der Waals surface area (Å²) in [6.45, 7) is 2.35. The molecule has 0 radical (unpaired) electrons. The Hall–Kier alpha value is -1.87. The molecule has 0 saturated heterocycles. The van der Waals surface area contributed by atoms with Crippen LogP contribution in [-0.2, 0) is 13.0 Å². The third-order valence-electron chi connectivity index (χ3n) is 3.96. The first kappa shape index (κ1) is 13.1. The van der Waals surface area contributed by atoms with Crippen LogP contribution in [0.2, 0.25) is 0 Å². The van der Waals surface area contributed by atoms with Gasteiger partial charge in [-0.25, -0.2) is 4.39 Å². The van der Waals surface area contributed by atoms with E-state index in [0.29, 0.717) is 6.61 Å². The molecule has 0 saturated carbocycles. The molecule has 1 unspecified atom stereocenters. The Kier molecular flexibility index (Phi) is 3.45. The molecule has 3 heteroatoms. The molecular formula is C17H18FNO. The van der Waals surface area contributed by atoms with E-state index >= 15 is 0 Å². The zero-order valence-electron chi connectivity index (χ0n) is 11.5. The number of halogens is 1. The van der Waals surface area contributed by atoms with Gasteiger partial charge in [-0.3, -0.25) is 0 Å². The summed E-state index contributed by atoms with van der Waals surface area (Å²) in [7, 11) is 0. The molecule has 0 fully saturated rings. The summed E-state index contributed by atoms with van der Waals surface area (Å²) in [5.41, 5.74) is 10.4. The summed E-state index contributed by atoms with van der Waals surface area (Å²) in [4.78, 5) is 0. The van der Waals surface area contributed by atoms with Crippen LogP contribution in [0.5, 0.6) is 5.75 Å². The van der Waals surface area contributed by atoms with Gasteiger partial charge in [-0.15, -0.1) is 0 Å². The van der Waals surface area contributed by atoms with Crippen molar-refractivity contribution < 1.29 is 9.13 Å². The molecule has 1 aliphatic carbocycles. The number of fused-ring (bicyclic) bond motifs is 1. The second-order valence-electron chi connectivity index (χ2n) is 5.33. The average molecular weight is 271 g/mol. The van der Waals surface area contributed by atoms with Crippen molar-refractivity contribution in [1.82, 2.24) is 0 Å². The van der Waals surface area contributed by atoms with E-state index < -0.39 is 0 Å². The summed E-state index contributed by atoms with van der Waals surface area (Å²) in [6, 6.07) is 10.9. The number of aryl methyl sites for hydroxylation is 1. The number of benzene rings is 2. The van der Waals surface area contributed by atoms with E-state index in [4.69, 9.17) is 10.5 Å². The number of ether oxygens (including phenoxy) is 1. The van der Waals surface area contributed by atoms with Gasteiger partial charge < -0.3 is 10.5 Å². The highest BCUT2D eigenvalue weighted by molar-refractivity contribution is 5.45. The molecule has 1 atom stereocenters. The summed E-state index contributed by atoms with van der Waals surface area (Å²) in [6.07, 6.45) is 1.94. The van der Waals surface area contributed by atoms with Crippen molar-refractivity contribution in [2.24, 2.45) is 5.73 Å². The minimum absolute atomic E-state index is 0.126. The number of hydrogen-bond donors (Lipinski definition) is 1. The summed E-state index contributed by atoms with van der Waals surface area (Å²) in [5.74, 6) is 0.692. The van der Waals surface area contributed by atoms with Crippen LogP contribution in [0.25, 0.3) is 0 Å². The van der Waals surface area contributed by atoms with Gasteiger partial charge in [-0.2, -0.15) is 0 Å². The van der Waals surface area contributed by atoms with Gasteiger partial charge in [0.1, 0.15) is 18.2 Å². The van der Waals surface area contributed by atoms with Gasteiger partial charge in [-0.1, -0.05) is 18.2 Å². The van der Waals surface area contributed by atoms with Crippen molar-refractivity contribution in [2.75, 3.05) is 0 Å². The highest BCUT2D eigenvalue weighted by Gasteiger charge is 2.22. The monoisotopic (exact) mass is 271 g/mol. The largest absolute Gasteiger partial charge is 0.489 e. The first-order valence-corrected chi connectivity index (χ1v) is 6.90. The minimum atomic E-state index is -0.210. The van der Waals surface area contributed by atoms with E-state index in [1.807, 2.05) is 19.1 Å². The second-order valence-corrected chi connectivity index (χ2v) is 5.33. The van der Waals surface area contributed by atoms with Crippen LogP contribution in [0.1, 0.15) is 34.7 Å². The second kappa shape index (κ2) is 5.25. The number of nitrogens with two attached hydrogens (primary N) is 1. The molecular weight excluding hydrogens is 253 g/mol. The lowest BCUT2D eigenvalue weighted by Gasteiger charge is -2.13. The van der Waals surface area contributed by atoms with Gasteiger partial charge in [0, 0.05) is 6.04 Å². The van der Waals surface area contributed by atoms with Crippen LogP contribution in [0.3, 0.4) is 0 Å². The summed E-state index contributed by atoms with van der Waals surface area (Å²) < 4.78 is 19.0. The molecule has 2 N–H and O–H groups in total. The predicted octanol–water partition coefficient (Wildman–Crippen LogP) is 3.66. The maximum absolute atomic E-state index is 13.1. The van der Waals surface area contributed by atoms with Crippen molar-refractivity contribution in [3.05, 3.63) is 64.5 Å². The third-order valence-corrected chi connectivity index (χ3v) is 3.96. The molecule has 0 aliphatic heterocycles. The van der Waals surface area contributed by atoms with Crippen molar-refractivity contribution in [2.45, 2.75) is 32.4 Å². The van der Waals surface area contributed by atoms with Crippen molar-refractivity contribution >= 4 is 0 Å². The van der Waals surface area contributed by atoms with Crippen LogP contribution in [0.4, 0.5) is 4.39 Å². The first-order valence-electron chi connectivity index (χ1n) is 6.90. The van der Waals surface area contributed by atoms with Gasteiger partial charge in [0.15, 0.2) is 0 Å². The molecule has 1 aliphatic rings. The molecule has 0 bridgehead atoms. The van der Waals surface area contributed by atoms with Crippen LogP contribution in [0.15, 0.2) is 36.4 Å². The average Bonchev–Trinajstić information content (AvgIpc) is 2.80. The quantitative estimate of drug-likeness (QED) is 0.924. The summed E-state index contributed by atoms with van der Waals surface area (Å²) in [5, 5.41) is 0. The number of rotatable bonds is 3. The standard InChI is InChI=1S/C17H18FNO/c1-11-9-13(18)6-5-12(11)10-20-17-4-2-3-14-15(17)7-8-16(14)19/h2-6,9,16H,7-8,10,19H2,1H3. The van der Waals surface area contributed by atoms with Gasteiger partial charge in [0.2, 0.25) is 0 Å². The molecule has 104 valence electrons. The van der Waals surface area contributed by atoms with E-state index in [0.717, 1.165) is 29.7 Å². The lowest BCUT2D eigenvalue weighted by atomic mass is 10.1. The van der Waals surface area contributed by atoms with Crippen molar-refractivity contribution in [3.8, 4) is 5.75 Å². The lowest BCUT2D eigenvalue weighted by Crippen LogP contribution is -2.05. The Morgan fingerprint density at radius 2 is 2.15 bits per heavy atom. The fourth-order valence-corrected chi connectivity index (χ4v) is 2.76. The molecule has 20 heavy (non-hydrogen) atoms. The topological polar surface area (TPSA) is 35.2 Å². The molecule has 0 amide bonds. The maximum Gasteiger partial charge on any atom is 0.123 e. The van der Waals surface area contributed by atoms with Gasteiger partial charge in [-0.05, 0) is 60.2 Å². The Balaban J connectivity index is 1.79. The van der Waals surface area contributed by atoms with Gasteiger partial charge in [0.25, 0.3) is 0 Å². The molecule has 0 heterocycles. The Labute approximate surface area is 118 Å². The van der Waals surface area contributed by atoms with Crippen LogP contribution in [-0.4, -0.2) is 0 Å². The van der Waals surface area contributed by atoms with Gasteiger partial charge >= 0.3 is 0 Å². The smallest absolute Gasteiger partial charge is 0.123 e. The lowest BCUT2D eigenvalue weighted by molar-refractivity contribution is 0.302. The van der Waals surface area contributed by atoms with Gasteiger partial charge in [0.05, 0.1) is 0 Å². The van der Waals surface area contributed by atoms with E-state index in [9.17, 15) is 4.39 Å². The fourth-order valence-electron chi connectivity index (χ4n) is 2.76. The SMILES string of the molecule is Cc1cc(F)ccc1COc1cccc2c1CCC2N. The molecule has 2 nitrogen and oxygen atoms in total. The Morgan fingerprint density at radius 1 is 1.30 bits per heavy atom. The maximum atomic E-state index is 13.1. The van der Waals surface area contributed by atoms with Crippen LogP contribution >= 0.6 is 0 Å². The van der Waals surface area contributed by atoms with Crippen molar-refractivity contribution in [1.29, 1.82) is 0 Å². The molecule has 0 spiro atoms. The zero-order chi connectivity index (χ0) is 14.1. The highest BCUT2D eigenvalue weighted by Crippen LogP contribution is 2.35. The predicted molar refractivity (Wildman–Crippen MR) is 77.2 cm³/mol. The Morgan fingerprint density at radius 3 is 2.95 bits per heavy atom. The minimum Gasteiger partial charge on any atom is -0.489 e. The molecule has 2 aromatic rings. The van der Waals surface area contributed by atoms with Crippen LogP contribution in [0, 0.1) is 12.7 Å². The van der Waals surface area contributed by atoms with E-state index in [2.05, 4.69) is 6.07 Å². The van der Waals surface area contributed by atoms with E-state index in [1.54, 1.807) is 6.07 Å². The van der Waals surface area contributed by atoms with Crippen LogP contribution < -0.4 is 10.5 Å². The first-order chi connectivity index (χ1) is 9.65. The van der Waals surface area contributed by atoms with E-state index in [1.165, 1.54) is 23.3 Å². The highest BCUT2D eigenvalue weighted by atomic mass is 19.1. The molecule has 3 rings (SSSR count). The third kappa shape index (κ3) is 2.41. The number of hydrogen-bond acceptors (Lipinski definition) is 2. The van der Waals surface area contributed by atoms with Crippen molar-refractivity contribution in [3.63, 3.8) is 0 Å². The van der Waals surface area contributed by atoms with E-state index in [-0.39, 0.29) is 11.9 Å². The zero-order valence-corrected chi connectivity index (χ0v) is 11.5. The fraction of sp³-hybridized carbons (Fsp3) is 0.294. The summed E-state index contributed by atoms with van der Waals surface area (Å²) >= 11 is 0. The Bertz CT molecular complexity index is 639. The normalized spacial score (nSPS) is 17.1. The molecule has 2 aromatic carbocycles. The molecule has 0 aromatic heterocycles.